The summed E-state index contributed by atoms with van der Waals surface area (Å²) in [6, 6.07) is 7.81. The lowest BCUT2D eigenvalue weighted by molar-refractivity contribution is -0.124. The number of hydrogen-bond donors (Lipinski definition) is 3. The van der Waals surface area contributed by atoms with Crippen LogP contribution < -0.4 is 16.2 Å². The summed E-state index contributed by atoms with van der Waals surface area (Å²) in [5, 5.41) is 3.78. The fourth-order valence-electron chi connectivity index (χ4n) is 2.45. The minimum atomic E-state index is -0.340. The molecule has 0 aromatic heterocycles. The molecule has 1 aromatic carbocycles. The van der Waals surface area contributed by atoms with Gasteiger partial charge in [-0.3, -0.25) is 15.6 Å². The summed E-state index contributed by atoms with van der Waals surface area (Å²) in [5.74, 6) is 0.125. The number of halogens is 1. The van der Waals surface area contributed by atoms with Crippen LogP contribution in [0.1, 0.15) is 18.4 Å². The summed E-state index contributed by atoms with van der Waals surface area (Å²) in [5.41, 5.74) is 6.72. The molecule has 2 aliphatic rings. The number of nitrogens with one attached hydrogen (secondary N) is 3. The Morgan fingerprint density at radius 3 is 2.67 bits per heavy atom. The molecule has 3 rings (SSSR count). The lowest BCUT2D eigenvalue weighted by Crippen LogP contribution is -2.44. The van der Waals surface area contributed by atoms with Gasteiger partial charge in [-0.25, -0.2) is 0 Å². The van der Waals surface area contributed by atoms with E-state index in [-0.39, 0.29) is 17.4 Å². The Morgan fingerprint density at radius 1 is 1.33 bits per heavy atom. The van der Waals surface area contributed by atoms with E-state index in [2.05, 4.69) is 16.2 Å². The van der Waals surface area contributed by atoms with Gasteiger partial charge in [-0.2, -0.15) is 0 Å². The second kappa shape index (κ2) is 4.53. The van der Waals surface area contributed by atoms with Crippen molar-refractivity contribution in [3.8, 4) is 0 Å². The third-order valence-corrected chi connectivity index (χ3v) is 3.95. The average molecular weight is 266 g/mol. The van der Waals surface area contributed by atoms with Crippen LogP contribution in [0.4, 0.5) is 0 Å². The largest absolute Gasteiger partial charge is 0.350 e. The standard InChI is InChI=1S/C13H16ClN3O/c14-10-3-1-2-9(6-10)13(4-5-13)12(18)17-11-7-15-16-8-11/h1-3,6,11,15-16H,4-5,7-8H2,(H,17,18). The highest BCUT2D eigenvalue weighted by atomic mass is 35.5. The van der Waals surface area contributed by atoms with Gasteiger partial charge in [-0.05, 0) is 30.5 Å². The van der Waals surface area contributed by atoms with E-state index in [4.69, 9.17) is 11.6 Å². The molecule has 1 amide bonds. The molecule has 0 radical (unpaired) electrons. The number of hydrazine groups is 1. The highest BCUT2D eigenvalue weighted by Gasteiger charge is 2.51. The van der Waals surface area contributed by atoms with Gasteiger partial charge in [0.1, 0.15) is 0 Å². The molecule has 0 bridgehead atoms. The van der Waals surface area contributed by atoms with E-state index in [9.17, 15) is 4.79 Å². The molecule has 4 nitrogen and oxygen atoms in total. The van der Waals surface area contributed by atoms with Crippen molar-refractivity contribution in [2.45, 2.75) is 24.3 Å². The Kier molecular flexibility index (Phi) is 3.01. The first kappa shape index (κ1) is 12.0. The summed E-state index contributed by atoms with van der Waals surface area (Å²) in [4.78, 5) is 12.4. The molecular weight excluding hydrogens is 250 g/mol. The molecule has 1 aliphatic heterocycles. The summed E-state index contributed by atoms with van der Waals surface area (Å²) in [7, 11) is 0. The molecule has 1 aliphatic carbocycles. The number of benzene rings is 1. The predicted octanol–water partition coefficient (Wildman–Crippen LogP) is 0.964. The maximum atomic E-state index is 12.4. The van der Waals surface area contributed by atoms with E-state index < -0.39 is 0 Å². The van der Waals surface area contributed by atoms with Gasteiger partial charge in [0.05, 0.1) is 11.5 Å². The molecule has 0 spiro atoms. The number of amides is 1. The molecule has 1 heterocycles. The van der Waals surface area contributed by atoms with Crippen molar-refractivity contribution in [2.75, 3.05) is 13.1 Å². The Hall–Kier alpha value is -1.10. The summed E-state index contributed by atoms with van der Waals surface area (Å²) >= 11 is 6.00. The number of carbonyl (C=O) groups is 1. The van der Waals surface area contributed by atoms with Crippen LogP contribution in [0.15, 0.2) is 24.3 Å². The first-order valence-corrected chi connectivity index (χ1v) is 6.61. The number of rotatable bonds is 3. The van der Waals surface area contributed by atoms with Gasteiger partial charge in [-0.1, -0.05) is 23.7 Å². The summed E-state index contributed by atoms with van der Waals surface area (Å²) in [6.07, 6.45) is 1.82. The molecule has 0 unspecified atom stereocenters. The topological polar surface area (TPSA) is 53.2 Å². The van der Waals surface area contributed by atoms with Gasteiger partial charge in [-0.15, -0.1) is 0 Å². The fourth-order valence-corrected chi connectivity index (χ4v) is 2.64. The van der Waals surface area contributed by atoms with E-state index in [0.29, 0.717) is 5.02 Å². The van der Waals surface area contributed by atoms with Gasteiger partial charge >= 0.3 is 0 Å². The van der Waals surface area contributed by atoms with Gasteiger partial charge in [0.15, 0.2) is 0 Å². The molecule has 1 saturated heterocycles. The van der Waals surface area contributed by atoms with Crippen LogP contribution in [0.25, 0.3) is 0 Å². The van der Waals surface area contributed by atoms with Crippen molar-refractivity contribution in [1.29, 1.82) is 0 Å². The van der Waals surface area contributed by atoms with Crippen LogP contribution in [-0.2, 0) is 10.2 Å². The molecule has 2 fully saturated rings. The van der Waals surface area contributed by atoms with Crippen molar-refractivity contribution < 1.29 is 4.79 Å². The van der Waals surface area contributed by atoms with Crippen LogP contribution in [-0.4, -0.2) is 25.0 Å². The SMILES string of the molecule is O=C(NC1CNNC1)C1(c2cccc(Cl)c2)CC1. The van der Waals surface area contributed by atoms with E-state index in [0.717, 1.165) is 31.5 Å². The zero-order chi connectivity index (χ0) is 12.6. The van der Waals surface area contributed by atoms with Crippen LogP contribution in [0.5, 0.6) is 0 Å². The summed E-state index contributed by atoms with van der Waals surface area (Å²) in [6.45, 7) is 1.55. The van der Waals surface area contributed by atoms with Gasteiger partial charge in [0, 0.05) is 18.1 Å². The Labute approximate surface area is 111 Å². The van der Waals surface area contributed by atoms with E-state index in [1.165, 1.54) is 0 Å². The van der Waals surface area contributed by atoms with Crippen LogP contribution in [0, 0.1) is 0 Å². The Bertz CT molecular complexity index is 467. The van der Waals surface area contributed by atoms with Gasteiger partial charge < -0.3 is 5.32 Å². The minimum Gasteiger partial charge on any atom is -0.350 e. The first-order valence-electron chi connectivity index (χ1n) is 6.23. The van der Waals surface area contributed by atoms with Gasteiger partial charge in [0.25, 0.3) is 0 Å². The maximum Gasteiger partial charge on any atom is 0.230 e. The Balaban J connectivity index is 1.75. The third-order valence-electron chi connectivity index (χ3n) is 3.72. The minimum absolute atomic E-state index is 0.125. The molecule has 0 atom stereocenters. The second-order valence-electron chi connectivity index (χ2n) is 5.02. The van der Waals surface area contributed by atoms with E-state index >= 15 is 0 Å². The molecule has 18 heavy (non-hydrogen) atoms. The third kappa shape index (κ3) is 2.11. The zero-order valence-electron chi connectivity index (χ0n) is 10.0. The first-order chi connectivity index (χ1) is 8.71. The lowest BCUT2D eigenvalue weighted by atomic mass is 9.94. The molecular formula is C13H16ClN3O. The highest BCUT2D eigenvalue weighted by molar-refractivity contribution is 6.30. The molecule has 5 heteroatoms. The predicted molar refractivity (Wildman–Crippen MR) is 70.3 cm³/mol. The van der Waals surface area contributed by atoms with Crippen molar-refractivity contribution in [1.82, 2.24) is 16.2 Å². The molecule has 1 aromatic rings. The average Bonchev–Trinajstić information content (AvgIpc) is 3.03. The normalized spacial score (nSPS) is 21.8. The lowest BCUT2D eigenvalue weighted by Gasteiger charge is -2.18. The zero-order valence-corrected chi connectivity index (χ0v) is 10.8. The molecule has 1 saturated carbocycles. The Morgan fingerprint density at radius 2 is 2.06 bits per heavy atom. The van der Waals surface area contributed by atoms with Crippen molar-refractivity contribution in [3.63, 3.8) is 0 Å². The van der Waals surface area contributed by atoms with Crippen LogP contribution >= 0.6 is 11.6 Å². The number of hydrogen-bond acceptors (Lipinski definition) is 3. The fraction of sp³-hybridized carbons (Fsp3) is 0.462. The van der Waals surface area contributed by atoms with Crippen molar-refractivity contribution >= 4 is 17.5 Å². The smallest absolute Gasteiger partial charge is 0.230 e. The quantitative estimate of drug-likeness (QED) is 0.763. The maximum absolute atomic E-state index is 12.4. The molecule has 3 N–H and O–H groups in total. The van der Waals surface area contributed by atoms with Crippen molar-refractivity contribution in [2.24, 2.45) is 0 Å². The van der Waals surface area contributed by atoms with E-state index in [1.54, 1.807) is 0 Å². The highest BCUT2D eigenvalue weighted by Crippen LogP contribution is 2.48. The summed E-state index contributed by atoms with van der Waals surface area (Å²) < 4.78 is 0. The molecule has 96 valence electrons. The second-order valence-corrected chi connectivity index (χ2v) is 5.46. The van der Waals surface area contributed by atoms with Gasteiger partial charge in [0.2, 0.25) is 5.91 Å². The number of carbonyl (C=O) groups excluding carboxylic acids is 1. The van der Waals surface area contributed by atoms with Crippen LogP contribution in [0.2, 0.25) is 5.02 Å². The monoisotopic (exact) mass is 265 g/mol. The van der Waals surface area contributed by atoms with Crippen molar-refractivity contribution in [3.05, 3.63) is 34.9 Å². The van der Waals surface area contributed by atoms with E-state index in [1.807, 2.05) is 24.3 Å². The van der Waals surface area contributed by atoms with Crippen LogP contribution in [0.3, 0.4) is 0 Å².